The molecule has 2 aromatic rings. The molecular formula is C12H9ClF3N3O2S. The van der Waals surface area contributed by atoms with Gasteiger partial charge in [-0.25, -0.2) is 0 Å². The second-order valence-electron chi connectivity index (χ2n) is 4.24. The summed E-state index contributed by atoms with van der Waals surface area (Å²) in [7, 11) is -2.01. The topological polar surface area (TPSA) is 78.0 Å². The summed E-state index contributed by atoms with van der Waals surface area (Å²) in [4.78, 5) is 11.5. The standard InChI is InChI=1S/C12H9ClF3N3O2S/c1-22(21)10-6(12(14,15)16)3-2-4-8(10)19-11(20)9(13)7(17)5-18-19/h2-5H,17H2,1H3. The first-order chi connectivity index (χ1) is 10.1. The first-order valence-corrected chi connectivity index (χ1v) is 7.65. The molecule has 0 radical (unpaired) electrons. The molecule has 2 rings (SSSR count). The summed E-state index contributed by atoms with van der Waals surface area (Å²) in [5, 5.41) is 3.29. The second kappa shape index (κ2) is 5.73. The van der Waals surface area contributed by atoms with Gasteiger partial charge in [-0.1, -0.05) is 17.7 Å². The zero-order valence-corrected chi connectivity index (χ0v) is 12.6. The highest BCUT2D eigenvalue weighted by Crippen LogP contribution is 2.35. The fraction of sp³-hybridized carbons (Fsp3) is 0.167. The third-order valence-electron chi connectivity index (χ3n) is 2.76. The van der Waals surface area contributed by atoms with Crippen LogP contribution in [0, 0.1) is 0 Å². The van der Waals surface area contributed by atoms with Gasteiger partial charge in [-0.15, -0.1) is 0 Å². The maximum Gasteiger partial charge on any atom is 0.417 e. The number of hydrogen-bond acceptors (Lipinski definition) is 4. The molecule has 5 nitrogen and oxygen atoms in total. The van der Waals surface area contributed by atoms with Crippen LogP contribution in [0.15, 0.2) is 34.1 Å². The summed E-state index contributed by atoms with van der Waals surface area (Å²) in [5.41, 5.74) is 3.05. The van der Waals surface area contributed by atoms with Crippen LogP contribution in [0.4, 0.5) is 18.9 Å². The number of rotatable bonds is 2. The lowest BCUT2D eigenvalue weighted by Gasteiger charge is -2.15. The Kier molecular flexibility index (Phi) is 4.30. The molecule has 22 heavy (non-hydrogen) atoms. The van der Waals surface area contributed by atoms with Crippen LogP contribution < -0.4 is 11.3 Å². The monoisotopic (exact) mass is 351 g/mol. The van der Waals surface area contributed by atoms with Gasteiger partial charge in [0.2, 0.25) is 0 Å². The SMILES string of the molecule is CS(=O)c1c(-n2ncc(N)c(Cl)c2=O)cccc1C(F)(F)F. The molecule has 0 saturated heterocycles. The maximum absolute atomic E-state index is 13.1. The molecule has 0 amide bonds. The Morgan fingerprint density at radius 3 is 2.55 bits per heavy atom. The van der Waals surface area contributed by atoms with Gasteiger partial charge >= 0.3 is 6.18 Å². The molecule has 1 heterocycles. The van der Waals surface area contributed by atoms with Gasteiger partial charge in [0.05, 0.1) is 38.8 Å². The lowest BCUT2D eigenvalue weighted by atomic mass is 10.2. The van der Waals surface area contributed by atoms with E-state index in [0.717, 1.165) is 24.6 Å². The number of nitrogens with two attached hydrogens (primary N) is 1. The molecule has 1 aromatic heterocycles. The van der Waals surface area contributed by atoms with E-state index in [1.807, 2.05) is 0 Å². The van der Waals surface area contributed by atoms with Gasteiger partial charge in [-0.05, 0) is 12.1 Å². The van der Waals surface area contributed by atoms with Crippen LogP contribution in [0.5, 0.6) is 0 Å². The molecule has 1 aromatic carbocycles. The summed E-state index contributed by atoms with van der Waals surface area (Å²) in [5.74, 6) is 0. The van der Waals surface area contributed by atoms with Crippen LogP contribution in [0.25, 0.3) is 5.69 Å². The molecular weight excluding hydrogens is 343 g/mol. The quantitative estimate of drug-likeness (QED) is 0.900. The molecule has 1 atom stereocenters. The third-order valence-corrected chi connectivity index (χ3v) is 4.15. The number of nitrogens with zero attached hydrogens (tertiary/aromatic N) is 2. The largest absolute Gasteiger partial charge is 0.417 e. The predicted octanol–water partition coefficient (Wildman–Crippen LogP) is 2.22. The average molecular weight is 352 g/mol. The van der Waals surface area contributed by atoms with E-state index in [9.17, 15) is 22.2 Å². The fourth-order valence-corrected chi connectivity index (χ4v) is 2.91. The zero-order chi connectivity index (χ0) is 16.7. The number of alkyl halides is 3. The second-order valence-corrected chi connectivity index (χ2v) is 5.93. The number of benzene rings is 1. The Hall–Kier alpha value is -1.87. The fourth-order valence-electron chi connectivity index (χ4n) is 1.83. The van der Waals surface area contributed by atoms with Crippen molar-refractivity contribution >= 4 is 28.1 Å². The zero-order valence-electron chi connectivity index (χ0n) is 11.0. The van der Waals surface area contributed by atoms with Crippen molar-refractivity contribution in [2.45, 2.75) is 11.1 Å². The van der Waals surface area contributed by atoms with Crippen molar-refractivity contribution in [2.75, 3.05) is 12.0 Å². The summed E-state index contributed by atoms with van der Waals surface area (Å²) >= 11 is 5.70. The highest BCUT2D eigenvalue weighted by molar-refractivity contribution is 7.84. The van der Waals surface area contributed by atoms with Crippen molar-refractivity contribution in [1.82, 2.24) is 9.78 Å². The normalized spacial score (nSPS) is 13.1. The summed E-state index contributed by atoms with van der Waals surface area (Å²) in [6.07, 6.45) is -2.61. The summed E-state index contributed by atoms with van der Waals surface area (Å²) in [6, 6.07) is 3.07. The molecule has 0 bridgehead atoms. The minimum absolute atomic E-state index is 0.103. The highest BCUT2D eigenvalue weighted by Gasteiger charge is 2.36. The third kappa shape index (κ3) is 2.86. The van der Waals surface area contributed by atoms with Gasteiger partial charge in [-0.3, -0.25) is 9.00 Å². The molecule has 0 fully saturated rings. The highest BCUT2D eigenvalue weighted by atomic mass is 35.5. The van der Waals surface area contributed by atoms with Crippen LogP contribution >= 0.6 is 11.6 Å². The molecule has 118 valence electrons. The number of aromatic nitrogens is 2. The van der Waals surface area contributed by atoms with Crippen LogP contribution in [0.1, 0.15) is 5.56 Å². The molecule has 0 saturated carbocycles. The van der Waals surface area contributed by atoms with E-state index in [2.05, 4.69) is 5.10 Å². The Bertz CT molecular complexity index is 820. The predicted molar refractivity (Wildman–Crippen MR) is 76.6 cm³/mol. The van der Waals surface area contributed by atoms with Crippen molar-refractivity contribution < 1.29 is 17.4 Å². The first-order valence-electron chi connectivity index (χ1n) is 5.72. The van der Waals surface area contributed by atoms with Crippen molar-refractivity contribution in [1.29, 1.82) is 0 Å². The lowest BCUT2D eigenvalue weighted by molar-refractivity contribution is -0.139. The molecule has 0 spiro atoms. The van der Waals surface area contributed by atoms with Gasteiger partial charge in [0.1, 0.15) is 5.02 Å². The van der Waals surface area contributed by atoms with Crippen molar-refractivity contribution in [3.05, 3.63) is 45.3 Å². The number of halogens is 4. The first kappa shape index (κ1) is 16.5. The smallest absolute Gasteiger partial charge is 0.396 e. The molecule has 1 unspecified atom stereocenters. The van der Waals surface area contributed by atoms with Crippen molar-refractivity contribution in [3.8, 4) is 5.69 Å². The van der Waals surface area contributed by atoms with Crippen LogP contribution in [-0.4, -0.2) is 20.2 Å². The minimum Gasteiger partial charge on any atom is -0.396 e. The molecule has 0 aliphatic heterocycles. The van der Waals surface area contributed by atoms with E-state index in [1.54, 1.807) is 0 Å². The Morgan fingerprint density at radius 2 is 2.00 bits per heavy atom. The minimum atomic E-state index is -4.72. The molecule has 0 aliphatic carbocycles. The van der Waals surface area contributed by atoms with Gasteiger partial charge in [0, 0.05) is 6.26 Å². The number of anilines is 1. The Morgan fingerprint density at radius 1 is 1.36 bits per heavy atom. The van der Waals surface area contributed by atoms with Gasteiger partial charge in [0.15, 0.2) is 0 Å². The van der Waals surface area contributed by atoms with Crippen molar-refractivity contribution in [3.63, 3.8) is 0 Å². The maximum atomic E-state index is 13.1. The van der Waals surface area contributed by atoms with Crippen LogP contribution in [-0.2, 0) is 17.0 Å². The van der Waals surface area contributed by atoms with Crippen LogP contribution in [0.3, 0.4) is 0 Å². The lowest BCUT2D eigenvalue weighted by Crippen LogP contribution is -2.24. The van der Waals surface area contributed by atoms with Crippen molar-refractivity contribution in [2.24, 2.45) is 0 Å². The Balaban J connectivity index is 2.86. The van der Waals surface area contributed by atoms with E-state index in [4.69, 9.17) is 17.3 Å². The number of nitrogen functional groups attached to an aromatic ring is 1. The summed E-state index contributed by atoms with van der Waals surface area (Å²) < 4.78 is 51.6. The van der Waals surface area contributed by atoms with E-state index in [-0.39, 0.29) is 16.4 Å². The Labute approximate surface area is 130 Å². The summed E-state index contributed by atoms with van der Waals surface area (Å²) in [6.45, 7) is 0. The molecule has 2 N–H and O–H groups in total. The van der Waals surface area contributed by atoms with E-state index in [1.165, 1.54) is 6.07 Å². The van der Waals surface area contributed by atoms with Gasteiger partial charge in [-0.2, -0.15) is 23.0 Å². The van der Waals surface area contributed by atoms with E-state index in [0.29, 0.717) is 4.68 Å². The average Bonchev–Trinajstić information content (AvgIpc) is 2.43. The molecule has 0 aliphatic rings. The van der Waals surface area contributed by atoms with E-state index >= 15 is 0 Å². The van der Waals surface area contributed by atoms with E-state index < -0.39 is 33.0 Å². The number of hydrogen-bond donors (Lipinski definition) is 1. The van der Waals surface area contributed by atoms with Gasteiger partial charge in [0.25, 0.3) is 5.56 Å². The van der Waals surface area contributed by atoms with Crippen LogP contribution in [0.2, 0.25) is 5.02 Å². The molecule has 10 heteroatoms. The van der Waals surface area contributed by atoms with Gasteiger partial charge < -0.3 is 5.73 Å².